The predicted octanol–water partition coefficient (Wildman–Crippen LogP) is 1.30. The van der Waals surface area contributed by atoms with Crippen molar-refractivity contribution in [2.75, 3.05) is 6.61 Å². The molecule has 1 atom stereocenters. The summed E-state index contributed by atoms with van der Waals surface area (Å²) in [5.41, 5.74) is 0.895. The van der Waals surface area contributed by atoms with Crippen molar-refractivity contribution in [2.24, 2.45) is 0 Å². The molecule has 0 unspecified atom stereocenters. The third-order valence-electron chi connectivity index (χ3n) is 2.42. The maximum Gasteiger partial charge on any atom is 0.308 e. The number of esters is 1. The number of nitrogens with one attached hydrogen (secondary N) is 1. The molecular formula is C15H17NO3. The fraction of sp³-hybridized carbons (Fsp3) is 0.333. The van der Waals surface area contributed by atoms with Gasteiger partial charge in [0.15, 0.2) is 0 Å². The fourth-order valence-electron chi connectivity index (χ4n) is 1.56. The molecule has 1 aromatic rings. The van der Waals surface area contributed by atoms with Crippen molar-refractivity contribution in [1.29, 1.82) is 0 Å². The molecule has 19 heavy (non-hydrogen) atoms. The summed E-state index contributed by atoms with van der Waals surface area (Å²) < 4.78 is 4.79. The number of rotatable bonds is 6. The SMILES string of the molecule is C#C[C@H](CC(=O)OCC)NC(=O)Cc1ccccc1. The molecular weight excluding hydrogens is 242 g/mol. The number of carbonyl (C=O) groups excluding carboxylic acids is 2. The number of carbonyl (C=O) groups is 2. The van der Waals surface area contributed by atoms with E-state index in [0.29, 0.717) is 6.61 Å². The van der Waals surface area contributed by atoms with E-state index in [9.17, 15) is 9.59 Å². The third kappa shape index (κ3) is 5.73. The molecule has 0 saturated heterocycles. The molecule has 0 aliphatic rings. The van der Waals surface area contributed by atoms with E-state index in [0.717, 1.165) is 5.56 Å². The molecule has 0 saturated carbocycles. The average molecular weight is 259 g/mol. The Hall–Kier alpha value is -2.28. The van der Waals surface area contributed by atoms with Crippen LogP contribution in [0.1, 0.15) is 18.9 Å². The quantitative estimate of drug-likeness (QED) is 0.619. The average Bonchev–Trinajstić information content (AvgIpc) is 2.39. The minimum Gasteiger partial charge on any atom is -0.466 e. The highest BCUT2D eigenvalue weighted by atomic mass is 16.5. The van der Waals surface area contributed by atoms with Gasteiger partial charge in [0.05, 0.1) is 19.4 Å². The van der Waals surface area contributed by atoms with Crippen LogP contribution in [0.25, 0.3) is 0 Å². The van der Waals surface area contributed by atoms with Gasteiger partial charge in [-0.1, -0.05) is 36.3 Å². The van der Waals surface area contributed by atoms with E-state index < -0.39 is 12.0 Å². The highest BCUT2D eigenvalue weighted by Crippen LogP contribution is 2.01. The Morgan fingerprint density at radius 2 is 2.05 bits per heavy atom. The van der Waals surface area contributed by atoms with E-state index in [4.69, 9.17) is 11.2 Å². The van der Waals surface area contributed by atoms with Crippen LogP contribution < -0.4 is 5.32 Å². The van der Waals surface area contributed by atoms with Crippen LogP contribution >= 0.6 is 0 Å². The Morgan fingerprint density at radius 3 is 2.63 bits per heavy atom. The monoisotopic (exact) mass is 259 g/mol. The molecule has 0 aliphatic carbocycles. The number of ether oxygens (including phenoxy) is 1. The topological polar surface area (TPSA) is 55.4 Å². The van der Waals surface area contributed by atoms with Gasteiger partial charge >= 0.3 is 5.97 Å². The summed E-state index contributed by atoms with van der Waals surface area (Å²) in [5.74, 6) is 1.75. The van der Waals surface area contributed by atoms with Crippen LogP contribution in [0.15, 0.2) is 30.3 Å². The Balaban J connectivity index is 2.45. The highest BCUT2D eigenvalue weighted by Gasteiger charge is 2.14. The van der Waals surface area contributed by atoms with Gasteiger partial charge in [-0.25, -0.2) is 0 Å². The van der Waals surface area contributed by atoms with Crippen molar-refractivity contribution in [1.82, 2.24) is 5.32 Å². The van der Waals surface area contributed by atoms with Crippen molar-refractivity contribution in [3.8, 4) is 12.3 Å². The molecule has 0 heterocycles. The van der Waals surface area contributed by atoms with Crippen molar-refractivity contribution >= 4 is 11.9 Å². The zero-order chi connectivity index (χ0) is 14.1. The summed E-state index contributed by atoms with van der Waals surface area (Å²) >= 11 is 0. The molecule has 0 bridgehead atoms. The largest absolute Gasteiger partial charge is 0.466 e. The van der Waals surface area contributed by atoms with Gasteiger partial charge in [0.25, 0.3) is 0 Å². The number of hydrogen-bond donors (Lipinski definition) is 1. The lowest BCUT2D eigenvalue weighted by Gasteiger charge is -2.12. The van der Waals surface area contributed by atoms with E-state index in [2.05, 4.69) is 11.2 Å². The Bertz CT molecular complexity index is 462. The van der Waals surface area contributed by atoms with E-state index in [1.54, 1.807) is 6.92 Å². The first-order chi connectivity index (χ1) is 9.15. The Morgan fingerprint density at radius 1 is 1.37 bits per heavy atom. The number of hydrogen-bond acceptors (Lipinski definition) is 3. The van der Waals surface area contributed by atoms with Gasteiger partial charge in [-0.2, -0.15) is 0 Å². The zero-order valence-corrected chi connectivity index (χ0v) is 10.9. The van der Waals surface area contributed by atoms with Crippen LogP contribution in [0.2, 0.25) is 0 Å². The van der Waals surface area contributed by atoms with Gasteiger partial charge in [-0.15, -0.1) is 6.42 Å². The first kappa shape index (κ1) is 14.8. The van der Waals surface area contributed by atoms with Crippen LogP contribution in [0.3, 0.4) is 0 Å². The predicted molar refractivity (Wildman–Crippen MR) is 72.2 cm³/mol. The first-order valence-corrected chi connectivity index (χ1v) is 6.10. The van der Waals surface area contributed by atoms with Crippen LogP contribution in [-0.2, 0) is 20.7 Å². The van der Waals surface area contributed by atoms with E-state index in [1.165, 1.54) is 0 Å². The fourth-order valence-corrected chi connectivity index (χ4v) is 1.56. The van der Waals surface area contributed by atoms with Crippen molar-refractivity contribution in [2.45, 2.75) is 25.8 Å². The molecule has 0 aromatic heterocycles. The second kappa shape index (κ2) is 7.93. The summed E-state index contributed by atoms with van der Waals surface area (Å²) in [6.07, 6.45) is 5.52. The number of amides is 1. The van der Waals surface area contributed by atoms with Crippen LogP contribution in [0, 0.1) is 12.3 Å². The normalized spacial score (nSPS) is 11.2. The van der Waals surface area contributed by atoms with Crippen LogP contribution in [-0.4, -0.2) is 24.5 Å². The van der Waals surface area contributed by atoms with Crippen LogP contribution in [0.5, 0.6) is 0 Å². The maximum absolute atomic E-state index is 11.8. The number of terminal acetylenes is 1. The van der Waals surface area contributed by atoms with E-state index in [1.807, 2.05) is 30.3 Å². The highest BCUT2D eigenvalue weighted by molar-refractivity contribution is 5.80. The minimum atomic E-state index is -0.629. The summed E-state index contributed by atoms with van der Waals surface area (Å²) in [4.78, 5) is 23.0. The molecule has 0 radical (unpaired) electrons. The molecule has 1 aromatic carbocycles. The smallest absolute Gasteiger partial charge is 0.308 e. The summed E-state index contributed by atoms with van der Waals surface area (Å²) in [5, 5.41) is 2.63. The van der Waals surface area contributed by atoms with Gasteiger partial charge in [0, 0.05) is 0 Å². The standard InChI is InChI=1S/C15H17NO3/c1-3-13(11-15(18)19-4-2)16-14(17)10-12-8-6-5-7-9-12/h1,5-9,13H,4,10-11H2,2H3,(H,16,17)/t13-/m1/s1. The lowest BCUT2D eigenvalue weighted by molar-refractivity contribution is -0.143. The molecule has 1 rings (SSSR count). The van der Waals surface area contributed by atoms with Crippen molar-refractivity contribution in [3.63, 3.8) is 0 Å². The summed E-state index contributed by atoms with van der Waals surface area (Å²) in [6, 6.07) is 8.69. The number of benzene rings is 1. The van der Waals surface area contributed by atoms with Gasteiger partial charge in [0.1, 0.15) is 6.04 Å². The van der Waals surface area contributed by atoms with Gasteiger partial charge in [0.2, 0.25) is 5.91 Å². The molecule has 0 spiro atoms. The van der Waals surface area contributed by atoms with Gasteiger partial charge in [-0.3, -0.25) is 9.59 Å². The molecule has 4 heteroatoms. The molecule has 4 nitrogen and oxygen atoms in total. The van der Waals surface area contributed by atoms with Crippen molar-refractivity contribution < 1.29 is 14.3 Å². The summed E-state index contributed by atoms with van der Waals surface area (Å²) in [7, 11) is 0. The Kier molecular flexibility index (Phi) is 6.17. The van der Waals surface area contributed by atoms with Gasteiger partial charge in [-0.05, 0) is 12.5 Å². The lowest BCUT2D eigenvalue weighted by Crippen LogP contribution is -2.36. The molecule has 0 fully saturated rings. The van der Waals surface area contributed by atoms with E-state index >= 15 is 0 Å². The minimum absolute atomic E-state index is 0.00906. The van der Waals surface area contributed by atoms with E-state index in [-0.39, 0.29) is 18.7 Å². The van der Waals surface area contributed by atoms with Crippen LogP contribution in [0.4, 0.5) is 0 Å². The molecule has 1 amide bonds. The first-order valence-electron chi connectivity index (χ1n) is 6.10. The maximum atomic E-state index is 11.8. The molecule has 0 aliphatic heterocycles. The second-order valence-corrected chi connectivity index (χ2v) is 3.96. The zero-order valence-electron chi connectivity index (χ0n) is 10.9. The molecule has 1 N–H and O–H groups in total. The molecule has 100 valence electrons. The third-order valence-corrected chi connectivity index (χ3v) is 2.42. The second-order valence-electron chi connectivity index (χ2n) is 3.96. The van der Waals surface area contributed by atoms with Crippen molar-refractivity contribution in [3.05, 3.63) is 35.9 Å². The lowest BCUT2D eigenvalue weighted by atomic mass is 10.1. The summed E-state index contributed by atoms with van der Waals surface area (Å²) in [6.45, 7) is 2.02. The van der Waals surface area contributed by atoms with Gasteiger partial charge < -0.3 is 10.1 Å². The Labute approximate surface area is 113 Å².